The Morgan fingerprint density at radius 3 is 2.63 bits per heavy atom. The van der Waals surface area contributed by atoms with Crippen LogP contribution >= 0.6 is 15.9 Å². The Kier molecular flexibility index (Phi) is 5.16. The Labute approximate surface area is 123 Å². The third-order valence-corrected chi connectivity index (χ3v) is 3.98. The molecule has 0 N–H and O–H groups in total. The average Bonchev–Trinajstić information content (AvgIpc) is 2.82. The number of alkyl halides is 1. The van der Waals surface area contributed by atoms with Gasteiger partial charge in [0.1, 0.15) is 0 Å². The average molecular weight is 322 g/mol. The fourth-order valence-electron chi connectivity index (χ4n) is 2.27. The molecule has 1 heterocycles. The fourth-order valence-corrected chi connectivity index (χ4v) is 2.85. The molecule has 0 radical (unpaired) electrons. The van der Waals surface area contributed by atoms with Crippen LogP contribution in [0.4, 0.5) is 0 Å². The van der Waals surface area contributed by atoms with Gasteiger partial charge in [-0.15, -0.1) is 0 Å². The van der Waals surface area contributed by atoms with Gasteiger partial charge in [0.2, 0.25) is 0 Å². The van der Waals surface area contributed by atoms with Crippen LogP contribution in [0, 0.1) is 0 Å². The van der Waals surface area contributed by atoms with Gasteiger partial charge in [0.15, 0.2) is 0 Å². The van der Waals surface area contributed by atoms with Crippen LogP contribution in [0.1, 0.15) is 17.0 Å². The van der Waals surface area contributed by atoms with Gasteiger partial charge in [-0.25, -0.2) is 0 Å². The van der Waals surface area contributed by atoms with Gasteiger partial charge in [-0.3, -0.25) is 4.68 Å². The molecule has 4 heteroatoms. The molecular formula is C15H20BrN3. The van der Waals surface area contributed by atoms with Gasteiger partial charge in [-0.2, -0.15) is 5.10 Å². The van der Waals surface area contributed by atoms with E-state index in [9.17, 15) is 0 Å². The van der Waals surface area contributed by atoms with E-state index < -0.39 is 0 Å². The number of halogens is 1. The van der Waals surface area contributed by atoms with Gasteiger partial charge in [0, 0.05) is 43.1 Å². The Morgan fingerprint density at radius 1 is 1.32 bits per heavy atom. The highest BCUT2D eigenvalue weighted by Crippen LogP contribution is 2.19. The van der Waals surface area contributed by atoms with Crippen LogP contribution in [0.3, 0.4) is 0 Å². The van der Waals surface area contributed by atoms with Crippen molar-refractivity contribution in [3.05, 3.63) is 53.9 Å². The van der Waals surface area contributed by atoms with Crippen molar-refractivity contribution in [2.75, 3.05) is 18.9 Å². The van der Waals surface area contributed by atoms with Gasteiger partial charge in [0.25, 0.3) is 0 Å². The molecule has 1 unspecified atom stereocenters. The van der Waals surface area contributed by atoms with Crippen molar-refractivity contribution in [1.82, 2.24) is 14.7 Å². The molecular weight excluding hydrogens is 302 g/mol. The lowest BCUT2D eigenvalue weighted by atomic mass is 10.0. The number of hydrogen-bond acceptors (Lipinski definition) is 2. The van der Waals surface area contributed by atoms with E-state index in [4.69, 9.17) is 0 Å². The molecule has 0 fully saturated rings. The number of hydrogen-bond donors (Lipinski definition) is 0. The van der Waals surface area contributed by atoms with E-state index in [0.29, 0.717) is 5.92 Å². The minimum absolute atomic E-state index is 0.517. The summed E-state index contributed by atoms with van der Waals surface area (Å²) in [5.74, 6) is 0.517. The summed E-state index contributed by atoms with van der Waals surface area (Å²) in [7, 11) is 4.11. The van der Waals surface area contributed by atoms with E-state index in [2.05, 4.69) is 69.5 Å². The van der Waals surface area contributed by atoms with Gasteiger partial charge in [-0.05, 0) is 12.6 Å². The Hall–Kier alpha value is -1.13. The van der Waals surface area contributed by atoms with Crippen molar-refractivity contribution in [3.63, 3.8) is 0 Å². The topological polar surface area (TPSA) is 21.1 Å². The molecule has 3 nitrogen and oxygen atoms in total. The molecule has 0 saturated carbocycles. The summed E-state index contributed by atoms with van der Waals surface area (Å²) in [4.78, 5) is 2.34. The molecule has 0 aliphatic carbocycles. The van der Waals surface area contributed by atoms with Crippen molar-refractivity contribution < 1.29 is 0 Å². The normalized spacial score (nSPS) is 12.8. The predicted molar refractivity (Wildman–Crippen MR) is 82.5 cm³/mol. The summed E-state index contributed by atoms with van der Waals surface area (Å²) in [6, 6.07) is 10.7. The number of nitrogens with zero attached hydrogens (tertiary/aromatic N) is 3. The summed E-state index contributed by atoms with van der Waals surface area (Å²) >= 11 is 3.63. The number of aromatic nitrogens is 2. The summed E-state index contributed by atoms with van der Waals surface area (Å²) < 4.78 is 1.85. The first-order chi connectivity index (χ1) is 9.19. The summed E-state index contributed by atoms with van der Waals surface area (Å²) in [5, 5.41) is 5.19. The van der Waals surface area contributed by atoms with Crippen LogP contribution in [0.15, 0.2) is 42.7 Å². The summed E-state index contributed by atoms with van der Waals surface area (Å²) in [6.07, 6.45) is 4.00. The third-order valence-electron chi connectivity index (χ3n) is 3.20. The van der Waals surface area contributed by atoms with E-state index >= 15 is 0 Å². The van der Waals surface area contributed by atoms with Crippen LogP contribution in [-0.2, 0) is 13.6 Å². The van der Waals surface area contributed by atoms with Crippen LogP contribution < -0.4 is 0 Å². The van der Waals surface area contributed by atoms with Crippen molar-refractivity contribution in [3.8, 4) is 0 Å². The molecule has 1 aromatic heterocycles. The third kappa shape index (κ3) is 4.18. The van der Waals surface area contributed by atoms with Crippen LogP contribution in [-0.4, -0.2) is 33.6 Å². The lowest BCUT2D eigenvalue weighted by Gasteiger charge is -2.22. The molecule has 0 aliphatic heterocycles. The number of benzene rings is 1. The molecule has 102 valence electrons. The smallest absolute Gasteiger partial charge is 0.0534 e. The Morgan fingerprint density at radius 2 is 2.05 bits per heavy atom. The molecule has 0 saturated heterocycles. The van der Waals surface area contributed by atoms with Crippen LogP contribution in [0.5, 0.6) is 0 Å². The molecule has 2 aromatic rings. The number of rotatable bonds is 6. The monoisotopic (exact) mass is 321 g/mol. The maximum absolute atomic E-state index is 4.21. The zero-order valence-electron chi connectivity index (χ0n) is 11.5. The Balaban J connectivity index is 1.95. The van der Waals surface area contributed by atoms with Gasteiger partial charge in [0.05, 0.1) is 6.20 Å². The number of likely N-dealkylation sites (N-methyl/N-ethyl adjacent to an activating group) is 1. The van der Waals surface area contributed by atoms with Gasteiger partial charge in [-0.1, -0.05) is 46.3 Å². The fraction of sp³-hybridized carbons (Fsp3) is 0.400. The molecule has 0 spiro atoms. The first-order valence-electron chi connectivity index (χ1n) is 6.46. The van der Waals surface area contributed by atoms with E-state index in [1.807, 2.05) is 17.9 Å². The quantitative estimate of drug-likeness (QED) is 0.762. The molecule has 1 aromatic carbocycles. The molecule has 0 aliphatic rings. The zero-order chi connectivity index (χ0) is 13.7. The summed E-state index contributed by atoms with van der Waals surface area (Å²) in [6.45, 7) is 1.97. The van der Waals surface area contributed by atoms with Crippen molar-refractivity contribution in [1.29, 1.82) is 0 Å². The second-order valence-electron chi connectivity index (χ2n) is 4.98. The van der Waals surface area contributed by atoms with E-state index in [1.54, 1.807) is 0 Å². The van der Waals surface area contributed by atoms with Gasteiger partial charge >= 0.3 is 0 Å². The van der Waals surface area contributed by atoms with E-state index in [0.717, 1.165) is 18.4 Å². The van der Waals surface area contributed by atoms with E-state index in [-0.39, 0.29) is 0 Å². The molecule has 0 bridgehead atoms. The first-order valence-corrected chi connectivity index (χ1v) is 7.58. The minimum atomic E-state index is 0.517. The molecule has 2 rings (SSSR count). The van der Waals surface area contributed by atoms with Crippen molar-refractivity contribution >= 4 is 15.9 Å². The highest BCUT2D eigenvalue weighted by atomic mass is 79.9. The standard InChI is InChI=1S/C15H20BrN3/c1-18(10-13-9-17-19(2)11-13)12-15(8-16)14-6-4-3-5-7-14/h3-7,9,11,15H,8,10,12H2,1-2H3. The van der Waals surface area contributed by atoms with Crippen molar-refractivity contribution in [2.45, 2.75) is 12.5 Å². The lowest BCUT2D eigenvalue weighted by molar-refractivity contribution is 0.311. The second-order valence-corrected chi connectivity index (χ2v) is 5.63. The molecule has 0 amide bonds. The minimum Gasteiger partial charge on any atom is -0.301 e. The van der Waals surface area contributed by atoms with Crippen LogP contribution in [0.25, 0.3) is 0 Å². The van der Waals surface area contributed by atoms with Crippen LogP contribution in [0.2, 0.25) is 0 Å². The maximum Gasteiger partial charge on any atom is 0.0534 e. The first kappa shape index (κ1) is 14.3. The summed E-state index contributed by atoms with van der Waals surface area (Å²) in [5.41, 5.74) is 2.64. The highest BCUT2D eigenvalue weighted by Gasteiger charge is 2.13. The van der Waals surface area contributed by atoms with E-state index in [1.165, 1.54) is 11.1 Å². The zero-order valence-corrected chi connectivity index (χ0v) is 13.0. The number of aryl methyl sites for hydroxylation is 1. The highest BCUT2D eigenvalue weighted by molar-refractivity contribution is 9.09. The molecule has 1 atom stereocenters. The van der Waals surface area contributed by atoms with Crippen molar-refractivity contribution in [2.24, 2.45) is 7.05 Å². The predicted octanol–water partition coefficient (Wildman–Crippen LogP) is 3.03. The SMILES string of the molecule is CN(Cc1cnn(C)c1)CC(CBr)c1ccccc1. The lowest BCUT2D eigenvalue weighted by Crippen LogP contribution is -2.25. The second kappa shape index (κ2) is 6.87. The molecule has 19 heavy (non-hydrogen) atoms. The Bertz CT molecular complexity index is 495. The largest absolute Gasteiger partial charge is 0.301 e. The maximum atomic E-state index is 4.21. The van der Waals surface area contributed by atoms with Gasteiger partial charge < -0.3 is 4.90 Å².